The first-order valence-corrected chi connectivity index (χ1v) is 6.36. The second-order valence-corrected chi connectivity index (χ2v) is 4.72. The van der Waals surface area contributed by atoms with Crippen molar-refractivity contribution in [3.63, 3.8) is 0 Å². The van der Waals surface area contributed by atoms with Crippen LogP contribution in [0.4, 0.5) is 0 Å². The molecule has 2 aromatic rings. The molecule has 6 heteroatoms. The van der Waals surface area contributed by atoms with Crippen LogP contribution in [-0.2, 0) is 17.8 Å². The first-order chi connectivity index (χ1) is 9.56. The van der Waals surface area contributed by atoms with E-state index in [4.69, 9.17) is 5.73 Å². The molecule has 1 atom stereocenters. The number of phenolic OH excluding ortho intramolecular Hbond substituents is 1. The number of carbonyl (C=O) groups excluding carboxylic acids is 1. The smallest absolute Gasteiger partial charge is 0.237 e. The van der Waals surface area contributed by atoms with E-state index in [1.54, 1.807) is 30.5 Å². The minimum Gasteiger partial charge on any atom is -0.508 e. The predicted octanol–water partition coefficient (Wildman–Crippen LogP) is 0.610. The quantitative estimate of drug-likeness (QED) is 0.641. The fourth-order valence-corrected chi connectivity index (χ4v) is 1.85. The molecule has 0 radical (unpaired) electrons. The molecule has 2 rings (SSSR count). The number of amides is 1. The van der Waals surface area contributed by atoms with Gasteiger partial charge in [0.1, 0.15) is 5.75 Å². The second-order valence-electron chi connectivity index (χ2n) is 4.72. The van der Waals surface area contributed by atoms with Crippen LogP contribution < -0.4 is 11.1 Å². The van der Waals surface area contributed by atoms with Gasteiger partial charge in [-0.1, -0.05) is 12.1 Å². The summed E-state index contributed by atoms with van der Waals surface area (Å²) in [5.41, 5.74) is 8.64. The summed E-state index contributed by atoms with van der Waals surface area (Å²) in [6.07, 6.45) is 2.11. The van der Waals surface area contributed by atoms with Crippen molar-refractivity contribution in [1.82, 2.24) is 15.5 Å². The van der Waals surface area contributed by atoms with Gasteiger partial charge in [-0.05, 0) is 31.0 Å². The number of phenols is 1. The Morgan fingerprint density at radius 2 is 2.15 bits per heavy atom. The van der Waals surface area contributed by atoms with Crippen molar-refractivity contribution in [1.29, 1.82) is 0 Å². The molecular formula is C14H18N4O2. The standard InChI is InChI=1S/C14H18N4O2/c1-9-11(8-17-18-9)7-16-14(20)13(15)6-10-2-4-12(19)5-3-10/h2-5,8,13,19H,6-7,15H2,1H3,(H,16,20)(H,17,18)/t13-/m1/s1. The summed E-state index contributed by atoms with van der Waals surface area (Å²) in [5.74, 6) is -0.0131. The fourth-order valence-electron chi connectivity index (χ4n) is 1.85. The topological polar surface area (TPSA) is 104 Å². The highest BCUT2D eigenvalue weighted by atomic mass is 16.3. The Kier molecular flexibility index (Phi) is 4.37. The van der Waals surface area contributed by atoms with Crippen molar-refractivity contribution >= 4 is 5.91 Å². The van der Waals surface area contributed by atoms with Crippen LogP contribution in [0.3, 0.4) is 0 Å². The molecule has 0 bridgehead atoms. The average Bonchev–Trinajstić information content (AvgIpc) is 2.84. The van der Waals surface area contributed by atoms with Crippen molar-refractivity contribution < 1.29 is 9.90 Å². The highest BCUT2D eigenvalue weighted by molar-refractivity contribution is 5.81. The number of H-pyrrole nitrogens is 1. The van der Waals surface area contributed by atoms with E-state index in [-0.39, 0.29) is 11.7 Å². The van der Waals surface area contributed by atoms with Crippen LogP contribution in [0.1, 0.15) is 16.8 Å². The number of nitrogens with one attached hydrogen (secondary N) is 2. The molecule has 0 unspecified atom stereocenters. The molecule has 0 spiro atoms. The number of aryl methyl sites for hydroxylation is 1. The number of hydrogen-bond donors (Lipinski definition) is 4. The summed E-state index contributed by atoms with van der Waals surface area (Å²) >= 11 is 0. The van der Waals surface area contributed by atoms with Crippen molar-refractivity contribution in [2.24, 2.45) is 5.73 Å². The van der Waals surface area contributed by atoms with Gasteiger partial charge in [0.25, 0.3) is 0 Å². The van der Waals surface area contributed by atoms with Crippen molar-refractivity contribution in [2.45, 2.75) is 25.9 Å². The lowest BCUT2D eigenvalue weighted by Crippen LogP contribution is -2.41. The number of benzene rings is 1. The van der Waals surface area contributed by atoms with Gasteiger partial charge in [0.2, 0.25) is 5.91 Å². The van der Waals surface area contributed by atoms with Crippen molar-refractivity contribution in [2.75, 3.05) is 0 Å². The maximum absolute atomic E-state index is 11.9. The Bertz CT molecular complexity index is 577. The van der Waals surface area contributed by atoms with Gasteiger partial charge in [-0.2, -0.15) is 5.10 Å². The Morgan fingerprint density at radius 3 is 2.75 bits per heavy atom. The number of aromatic hydroxyl groups is 1. The number of rotatable bonds is 5. The molecule has 1 aromatic heterocycles. The van der Waals surface area contributed by atoms with Crippen molar-refractivity contribution in [3.8, 4) is 5.75 Å². The predicted molar refractivity (Wildman–Crippen MR) is 75.0 cm³/mol. The van der Waals surface area contributed by atoms with E-state index in [2.05, 4.69) is 15.5 Å². The molecule has 0 fully saturated rings. The largest absolute Gasteiger partial charge is 0.508 e. The summed E-state index contributed by atoms with van der Waals surface area (Å²) in [5, 5.41) is 18.7. The molecule has 5 N–H and O–H groups in total. The van der Waals surface area contributed by atoms with E-state index in [0.29, 0.717) is 13.0 Å². The van der Waals surface area contributed by atoms with Crippen LogP contribution in [0.5, 0.6) is 5.75 Å². The number of aromatic amines is 1. The number of hydrogen-bond acceptors (Lipinski definition) is 4. The van der Waals surface area contributed by atoms with Gasteiger partial charge >= 0.3 is 0 Å². The Labute approximate surface area is 117 Å². The summed E-state index contributed by atoms with van der Waals surface area (Å²) in [4.78, 5) is 11.9. The van der Waals surface area contributed by atoms with Gasteiger partial charge in [0.05, 0.1) is 12.2 Å². The molecule has 6 nitrogen and oxygen atoms in total. The minimum absolute atomic E-state index is 0.196. The second kappa shape index (κ2) is 6.21. The van der Waals surface area contributed by atoms with E-state index in [1.165, 1.54) is 0 Å². The molecule has 0 aliphatic rings. The monoisotopic (exact) mass is 274 g/mol. The summed E-state index contributed by atoms with van der Waals surface area (Å²) < 4.78 is 0. The van der Waals surface area contributed by atoms with Crippen LogP contribution in [0, 0.1) is 6.92 Å². The molecule has 106 valence electrons. The zero-order chi connectivity index (χ0) is 14.5. The third-order valence-electron chi connectivity index (χ3n) is 3.12. The lowest BCUT2D eigenvalue weighted by atomic mass is 10.1. The van der Waals surface area contributed by atoms with Gasteiger partial charge in [-0.25, -0.2) is 0 Å². The molecule has 0 aliphatic heterocycles. The number of carbonyl (C=O) groups is 1. The van der Waals surface area contributed by atoms with Gasteiger partial charge in [0, 0.05) is 17.8 Å². The van der Waals surface area contributed by atoms with Gasteiger partial charge in [-0.15, -0.1) is 0 Å². The van der Waals surface area contributed by atoms with Crippen molar-refractivity contribution in [3.05, 3.63) is 47.3 Å². The first-order valence-electron chi connectivity index (χ1n) is 6.36. The highest BCUT2D eigenvalue weighted by Crippen LogP contribution is 2.11. The molecule has 20 heavy (non-hydrogen) atoms. The van der Waals surface area contributed by atoms with Gasteiger partial charge in [-0.3, -0.25) is 9.89 Å². The molecule has 0 aliphatic carbocycles. The molecule has 1 aromatic carbocycles. The van der Waals surface area contributed by atoms with Gasteiger partial charge in [0.15, 0.2) is 0 Å². The van der Waals surface area contributed by atoms with Crippen LogP contribution in [0.25, 0.3) is 0 Å². The van der Waals surface area contributed by atoms with Crippen LogP contribution in [0.15, 0.2) is 30.5 Å². The maximum atomic E-state index is 11.9. The van der Waals surface area contributed by atoms with Gasteiger partial charge < -0.3 is 16.2 Å². The van der Waals surface area contributed by atoms with Crippen LogP contribution in [0.2, 0.25) is 0 Å². The zero-order valence-electron chi connectivity index (χ0n) is 11.3. The Balaban J connectivity index is 1.86. The average molecular weight is 274 g/mol. The molecule has 1 amide bonds. The summed E-state index contributed by atoms with van der Waals surface area (Å²) in [7, 11) is 0. The summed E-state index contributed by atoms with van der Waals surface area (Å²) in [6.45, 7) is 2.30. The molecule has 0 saturated carbocycles. The minimum atomic E-state index is -0.619. The third-order valence-corrected chi connectivity index (χ3v) is 3.12. The van der Waals surface area contributed by atoms with E-state index in [1.807, 2.05) is 6.92 Å². The van der Waals surface area contributed by atoms with E-state index >= 15 is 0 Å². The number of nitrogens with two attached hydrogens (primary N) is 1. The summed E-state index contributed by atoms with van der Waals surface area (Å²) in [6, 6.07) is 6.04. The maximum Gasteiger partial charge on any atom is 0.237 e. The lowest BCUT2D eigenvalue weighted by Gasteiger charge is -2.12. The normalized spacial score (nSPS) is 12.1. The van der Waals surface area contributed by atoms with E-state index in [9.17, 15) is 9.90 Å². The van der Waals surface area contributed by atoms with E-state index in [0.717, 1.165) is 16.8 Å². The Morgan fingerprint density at radius 1 is 1.45 bits per heavy atom. The number of aromatic nitrogens is 2. The van der Waals surface area contributed by atoms with Crippen LogP contribution >= 0.6 is 0 Å². The fraction of sp³-hybridized carbons (Fsp3) is 0.286. The third kappa shape index (κ3) is 3.58. The Hall–Kier alpha value is -2.34. The SMILES string of the molecule is Cc1[nH]ncc1CNC(=O)[C@H](N)Cc1ccc(O)cc1. The number of nitrogens with zero attached hydrogens (tertiary/aromatic N) is 1. The first kappa shape index (κ1) is 14.1. The zero-order valence-corrected chi connectivity index (χ0v) is 11.3. The van der Waals surface area contributed by atoms with E-state index < -0.39 is 6.04 Å². The molecule has 1 heterocycles. The highest BCUT2D eigenvalue weighted by Gasteiger charge is 2.14. The lowest BCUT2D eigenvalue weighted by molar-refractivity contribution is -0.122. The van der Waals surface area contributed by atoms with Crippen LogP contribution in [-0.4, -0.2) is 27.3 Å². The molecular weight excluding hydrogens is 256 g/mol. The molecule has 0 saturated heterocycles.